The van der Waals surface area contributed by atoms with Crippen molar-refractivity contribution in [1.82, 2.24) is 10.2 Å². The van der Waals surface area contributed by atoms with Crippen LogP contribution < -0.4 is 5.32 Å². The molecule has 34 heavy (non-hydrogen) atoms. The van der Waals surface area contributed by atoms with Gasteiger partial charge >= 0.3 is 0 Å². The fraction of sp³-hybridized carbons (Fsp3) is 0.581. The molecule has 1 atom stereocenters. The normalized spacial score (nSPS) is 23.3. The van der Waals surface area contributed by atoms with E-state index in [9.17, 15) is 4.79 Å². The number of benzene rings is 2. The topological polar surface area (TPSA) is 32.3 Å². The summed E-state index contributed by atoms with van der Waals surface area (Å²) in [6.45, 7) is 4.78. The van der Waals surface area contributed by atoms with Crippen molar-refractivity contribution in [3.8, 4) is 11.1 Å². The largest absolute Gasteiger partial charge is 0.353 e. The van der Waals surface area contributed by atoms with E-state index in [1.54, 1.807) is 0 Å². The van der Waals surface area contributed by atoms with Gasteiger partial charge in [0.15, 0.2) is 0 Å². The average molecular weight is 459 g/mol. The van der Waals surface area contributed by atoms with Gasteiger partial charge in [0.1, 0.15) is 0 Å². The number of carbonyl (C=O) groups excluding carboxylic acids is 1. The zero-order valence-corrected chi connectivity index (χ0v) is 21.0. The first-order chi connectivity index (χ1) is 16.6. The lowest BCUT2D eigenvalue weighted by molar-refractivity contribution is -0.127. The summed E-state index contributed by atoms with van der Waals surface area (Å²) < 4.78 is 0. The maximum atomic E-state index is 13.5. The summed E-state index contributed by atoms with van der Waals surface area (Å²) in [5.41, 5.74) is 4.80. The Kier molecular flexibility index (Phi) is 7.39. The number of hydrogen-bond acceptors (Lipinski definition) is 2. The van der Waals surface area contributed by atoms with E-state index in [1.165, 1.54) is 67.4 Å². The second kappa shape index (κ2) is 10.6. The van der Waals surface area contributed by atoms with Crippen molar-refractivity contribution in [3.05, 3.63) is 59.7 Å². The molecular formula is C31H42N2O. The highest BCUT2D eigenvalue weighted by Gasteiger charge is 2.43. The summed E-state index contributed by atoms with van der Waals surface area (Å²) in [7, 11) is 0. The summed E-state index contributed by atoms with van der Waals surface area (Å²) in [6, 6.07) is 19.1. The van der Waals surface area contributed by atoms with E-state index in [-0.39, 0.29) is 11.3 Å². The number of likely N-dealkylation sites (tertiary alicyclic amines) is 1. The van der Waals surface area contributed by atoms with Crippen molar-refractivity contribution >= 4 is 5.91 Å². The molecule has 0 bridgehead atoms. The molecule has 2 saturated carbocycles. The second-order valence-electron chi connectivity index (χ2n) is 11.1. The quantitative estimate of drug-likeness (QED) is 0.504. The Balaban J connectivity index is 1.25. The molecule has 3 heteroatoms. The molecule has 0 unspecified atom stereocenters. The van der Waals surface area contributed by atoms with Gasteiger partial charge in [0.2, 0.25) is 5.91 Å². The van der Waals surface area contributed by atoms with Crippen LogP contribution in [-0.4, -0.2) is 36.0 Å². The van der Waals surface area contributed by atoms with E-state index in [1.807, 2.05) is 0 Å². The molecule has 2 aromatic rings. The van der Waals surface area contributed by atoms with Gasteiger partial charge in [-0.1, -0.05) is 80.6 Å². The van der Waals surface area contributed by atoms with Crippen LogP contribution in [-0.2, 0) is 16.6 Å². The van der Waals surface area contributed by atoms with Crippen LogP contribution in [0.5, 0.6) is 0 Å². The molecule has 0 radical (unpaired) electrons. The first-order valence-corrected chi connectivity index (χ1v) is 13.9. The Morgan fingerprint density at radius 1 is 0.853 bits per heavy atom. The van der Waals surface area contributed by atoms with Crippen molar-refractivity contribution < 1.29 is 4.79 Å². The monoisotopic (exact) mass is 458 g/mol. The number of rotatable bonds is 7. The molecule has 1 aliphatic heterocycles. The first-order valence-electron chi connectivity index (χ1n) is 13.9. The van der Waals surface area contributed by atoms with Gasteiger partial charge in [0.05, 0.1) is 5.41 Å². The lowest BCUT2D eigenvalue weighted by Gasteiger charge is -2.32. The predicted molar refractivity (Wildman–Crippen MR) is 141 cm³/mol. The van der Waals surface area contributed by atoms with Crippen molar-refractivity contribution in [2.75, 3.05) is 13.1 Å². The standard InChI is InChI=1S/C31H42N2O/c1-24-8-7-22-33(24)23-19-25-11-13-26(14-12-25)27-15-17-28(18-16-27)31(20-5-6-21-31)30(34)32-29-9-3-2-4-10-29/h11-18,24,29H,2-10,19-23H2,1H3,(H,32,34)/t24-/m1/s1. The number of hydrogen-bond donors (Lipinski definition) is 1. The number of amides is 1. The molecule has 0 spiro atoms. The molecule has 1 N–H and O–H groups in total. The fourth-order valence-electron chi connectivity index (χ4n) is 6.64. The van der Waals surface area contributed by atoms with Gasteiger partial charge in [-0.25, -0.2) is 0 Å². The van der Waals surface area contributed by atoms with Crippen molar-refractivity contribution in [2.24, 2.45) is 0 Å². The number of nitrogens with zero attached hydrogens (tertiary/aromatic N) is 1. The highest BCUT2D eigenvalue weighted by atomic mass is 16.2. The second-order valence-corrected chi connectivity index (χ2v) is 11.1. The Morgan fingerprint density at radius 2 is 1.50 bits per heavy atom. The number of carbonyl (C=O) groups is 1. The minimum absolute atomic E-state index is 0.279. The lowest BCUT2D eigenvalue weighted by Crippen LogP contribution is -2.47. The van der Waals surface area contributed by atoms with Crippen LogP contribution in [0.4, 0.5) is 0 Å². The summed E-state index contributed by atoms with van der Waals surface area (Å²) >= 11 is 0. The molecule has 3 nitrogen and oxygen atoms in total. The highest BCUT2D eigenvalue weighted by molar-refractivity contribution is 5.89. The van der Waals surface area contributed by atoms with Gasteiger partial charge in [-0.15, -0.1) is 0 Å². The van der Waals surface area contributed by atoms with Crippen molar-refractivity contribution in [3.63, 3.8) is 0 Å². The Bertz CT molecular complexity index is 936. The summed E-state index contributed by atoms with van der Waals surface area (Å²) in [6.07, 6.45) is 14.2. The molecule has 1 heterocycles. The van der Waals surface area contributed by atoms with E-state index in [4.69, 9.17) is 0 Å². The van der Waals surface area contributed by atoms with Gasteiger partial charge < -0.3 is 10.2 Å². The van der Waals surface area contributed by atoms with E-state index in [2.05, 4.69) is 65.7 Å². The first kappa shape index (κ1) is 23.6. The van der Waals surface area contributed by atoms with Crippen LogP contribution in [0.2, 0.25) is 0 Å². The third-order valence-corrected chi connectivity index (χ3v) is 8.94. The predicted octanol–water partition coefficient (Wildman–Crippen LogP) is 6.64. The van der Waals surface area contributed by atoms with Gasteiger partial charge in [-0.2, -0.15) is 0 Å². The van der Waals surface area contributed by atoms with Crippen LogP contribution >= 0.6 is 0 Å². The molecule has 1 saturated heterocycles. The van der Waals surface area contributed by atoms with Crippen LogP contribution in [0.3, 0.4) is 0 Å². The zero-order chi connectivity index (χ0) is 23.4. The van der Waals surface area contributed by atoms with E-state index in [0.717, 1.165) is 51.0 Å². The molecule has 1 amide bonds. The van der Waals surface area contributed by atoms with Crippen LogP contribution in [0.15, 0.2) is 48.5 Å². The molecule has 3 aliphatic rings. The minimum Gasteiger partial charge on any atom is -0.353 e. The lowest BCUT2D eigenvalue weighted by atomic mass is 9.77. The van der Waals surface area contributed by atoms with Crippen LogP contribution in [0.1, 0.15) is 88.7 Å². The van der Waals surface area contributed by atoms with E-state index >= 15 is 0 Å². The third kappa shape index (κ3) is 5.10. The van der Waals surface area contributed by atoms with Gasteiger partial charge in [0, 0.05) is 18.6 Å². The van der Waals surface area contributed by atoms with Crippen molar-refractivity contribution in [1.29, 1.82) is 0 Å². The molecule has 2 aromatic carbocycles. The Hall–Kier alpha value is -2.13. The third-order valence-electron chi connectivity index (χ3n) is 8.94. The molecular weight excluding hydrogens is 416 g/mol. The molecule has 182 valence electrons. The summed E-state index contributed by atoms with van der Waals surface area (Å²) in [5.74, 6) is 0.279. The number of nitrogens with one attached hydrogen (secondary N) is 1. The molecule has 0 aromatic heterocycles. The summed E-state index contributed by atoms with van der Waals surface area (Å²) in [4.78, 5) is 16.1. The molecule has 2 aliphatic carbocycles. The maximum absolute atomic E-state index is 13.5. The Morgan fingerprint density at radius 3 is 2.12 bits per heavy atom. The van der Waals surface area contributed by atoms with Gasteiger partial charge in [-0.3, -0.25) is 4.79 Å². The zero-order valence-electron chi connectivity index (χ0n) is 21.0. The van der Waals surface area contributed by atoms with E-state index in [0.29, 0.717) is 6.04 Å². The minimum atomic E-state index is -0.327. The fourth-order valence-corrected chi connectivity index (χ4v) is 6.64. The molecule has 5 rings (SSSR count). The highest BCUT2D eigenvalue weighted by Crippen LogP contribution is 2.42. The van der Waals surface area contributed by atoms with E-state index < -0.39 is 0 Å². The average Bonchev–Trinajstić information content (AvgIpc) is 3.54. The maximum Gasteiger partial charge on any atom is 0.230 e. The van der Waals surface area contributed by atoms with Crippen LogP contribution in [0, 0.1) is 0 Å². The Labute approximate surface area is 206 Å². The van der Waals surface area contributed by atoms with Crippen molar-refractivity contribution in [2.45, 2.75) is 101 Å². The summed E-state index contributed by atoms with van der Waals surface area (Å²) in [5, 5.41) is 3.45. The smallest absolute Gasteiger partial charge is 0.230 e. The SMILES string of the molecule is C[C@@H]1CCCN1CCc1ccc(-c2ccc(C3(C(=O)NC4CCCCC4)CCCC3)cc2)cc1. The molecule has 3 fully saturated rings. The van der Waals surface area contributed by atoms with Gasteiger partial charge in [0.25, 0.3) is 0 Å². The van der Waals surface area contributed by atoms with Gasteiger partial charge in [-0.05, 0) is 80.7 Å². The van der Waals surface area contributed by atoms with Crippen LogP contribution in [0.25, 0.3) is 11.1 Å².